The number of pyridine rings is 1. The number of benzene rings is 1. The molecule has 0 unspecified atom stereocenters. The Kier molecular flexibility index (Phi) is 4.40. The van der Waals surface area contributed by atoms with Gasteiger partial charge in [-0.15, -0.1) is 0 Å². The normalized spacial score (nSPS) is 10.7. The Labute approximate surface area is 123 Å². The van der Waals surface area contributed by atoms with Crippen LogP contribution in [0.4, 0.5) is 17.2 Å². The van der Waals surface area contributed by atoms with Gasteiger partial charge in [0.2, 0.25) is 10.0 Å². The number of para-hydroxylation sites is 1. The summed E-state index contributed by atoms with van der Waals surface area (Å²) in [6.45, 7) is 1.55. The van der Waals surface area contributed by atoms with Crippen LogP contribution in [0.25, 0.3) is 0 Å². The molecule has 0 aliphatic carbocycles. The van der Waals surface area contributed by atoms with Crippen LogP contribution in [0.1, 0.15) is 12.5 Å². The predicted octanol–water partition coefficient (Wildman–Crippen LogP) is 2.46. The number of hydrogen-bond acceptors (Lipinski definition) is 5. The quantitative estimate of drug-likeness (QED) is 0.884. The predicted molar refractivity (Wildman–Crippen MR) is 81.8 cm³/mol. The second-order valence-electron chi connectivity index (χ2n) is 4.22. The van der Waals surface area contributed by atoms with Crippen LogP contribution >= 0.6 is 0 Å². The highest BCUT2D eigenvalue weighted by molar-refractivity contribution is 7.92. The van der Waals surface area contributed by atoms with Gasteiger partial charge in [-0.3, -0.25) is 4.72 Å². The summed E-state index contributed by atoms with van der Waals surface area (Å²) in [5.74, 6) is 0.250. The fraction of sp³-hybridized carbons (Fsp3) is 0.143. The maximum Gasteiger partial charge on any atom is 0.233 e. The van der Waals surface area contributed by atoms with Gasteiger partial charge in [0, 0.05) is 0 Å². The van der Waals surface area contributed by atoms with Gasteiger partial charge in [-0.1, -0.05) is 12.1 Å². The number of hydrogen-bond donors (Lipinski definition) is 2. The van der Waals surface area contributed by atoms with Crippen LogP contribution in [-0.2, 0) is 10.0 Å². The first-order chi connectivity index (χ1) is 10.0. The van der Waals surface area contributed by atoms with Crippen LogP contribution < -0.4 is 10.0 Å². The molecule has 0 aliphatic rings. The lowest BCUT2D eigenvalue weighted by atomic mass is 10.2. The monoisotopic (exact) mass is 302 g/mol. The molecule has 0 saturated carbocycles. The molecular formula is C14H14N4O2S. The molecule has 21 heavy (non-hydrogen) atoms. The highest BCUT2D eigenvalue weighted by atomic mass is 32.2. The van der Waals surface area contributed by atoms with Crippen molar-refractivity contribution in [2.24, 2.45) is 0 Å². The standard InChI is InChI=1S/C14H14N4O2S/c1-2-21(19,20)18-14-8-7-12(10-16-14)17-13-6-4-3-5-11(13)9-15/h3-8,10,17H,2H2,1H3,(H,16,18). The van der Waals surface area contributed by atoms with Crippen molar-refractivity contribution in [3.63, 3.8) is 0 Å². The molecule has 0 saturated heterocycles. The van der Waals surface area contributed by atoms with Gasteiger partial charge in [0.25, 0.3) is 0 Å². The summed E-state index contributed by atoms with van der Waals surface area (Å²) in [6.07, 6.45) is 1.50. The molecule has 2 N–H and O–H groups in total. The Balaban J connectivity index is 2.15. The van der Waals surface area contributed by atoms with Gasteiger partial charge in [-0.05, 0) is 31.2 Å². The second-order valence-corrected chi connectivity index (χ2v) is 6.23. The van der Waals surface area contributed by atoms with E-state index in [9.17, 15) is 8.42 Å². The molecule has 108 valence electrons. The van der Waals surface area contributed by atoms with E-state index in [0.717, 1.165) is 0 Å². The number of rotatable bonds is 5. The van der Waals surface area contributed by atoms with Crippen LogP contribution in [0.5, 0.6) is 0 Å². The smallest absolute Gasteiger partial charge is 0.233 e. The van der Waals surface area contributed by atoms with Crippen LogP contribution in [0.3, 0.4) is 0 Å². The molecule has 0 atom stereocenters. The van der Waals surface area contributed by atoms with Crippen molar-refractivity contribution in [1.29, 1.82) is 5.26 Å². The van der Waals surface area contributed by atoms with Crippen molar-refractivity contribution >= 4 is 27.2 Å². The van der Waals surface area contributed by atoms with Gasteiger partial charge in [0.1, 0.15) is 11.9 Å². The Morgan fingerprint density at radius 2 is 2.00 bits per heavy atom. The molecule has 2 aromatic rings. The number of aromatic nitrogens is 1. The van der Waals surface area contributed by atoms with Gasteiger partial charge in [0.15, 0.2) is 0 Å². The van der Waals surface area contributed by atoms with E-state index in [-0.39, 0.29) is 11.6 Å². The van der Waals surface area contributed by atoms with E-state index in [2.05, 4.69) is 21.1 Å². The fourth-order valence-corrected chi connectivity index (χ4v) is 2.19. The lowest BCUT2D eigenvalue weighted by molar-refractivity contribution is 0.602. The molecule has 0 radical (unpaired) electrons. The summed E-state index contributed by atoms with van der Waals surface area (Å²) in [5, 5.41) is 12.1. The third kappa shape index (κ3) is 3.94. The summed E-state index contributed by atoms with van der Waals surface area (Å²) in [5.41, 5.74) is 1.86. The van der Waals surface area contributed by atoms with Crippen LogP contribution in [-0.4, -0.2) is 19.2 Å². The molecule has 1 heterocycles. The summed E-state index contributed by atoms with van der Waals surface area (Å²) in [4.78, 5) is 4.03. The average Bonchev–Trinajstić information content (AvgIpc) is 2.49. The van der Waals surface area contributed by atoms with Crippen molar-refractivity contribution in [2.75, 3.05) is 15.8 Å². The minimum absolute atomic E-state index is 0.00970. The molecule has 2 rings (SSSR count). The first kappa shape index (κ1) is 14.8. The first-order valence-electron chi connectivity index (χ1n) is 6.27. The van der Waals surface area contributed by atoms with Crippen LogP contribution in [0.15, 0.2) is 42.6 Å². The topological polar surface area (TPSA) is 94.9 Å². The number of nitrogens with one attached hydrogen (secondary N) is 2. The third-order valence-electron chi connectivity index (χ3n) is 2.73. The molecule has 1 aromatic carbocycles. The van der Waals surface area contributed by atoms with Crippen LogP contribution in [0.2, 0.25) is 0 Å². The lowest BCUT2D eigenvalue weighted by Gasteiger charge is -2.09. The zero-order valence-corrected chi connectivity index (χ0v) is 12.2. The van der Waals surface area contributed by atoms with Crippen molar-refractivity contribution < 1.29 is 8.42 Å². The summed E-state index contributed by atoms with van der Waals surface area (Å²) >= 11 is 0. The molecule has 6 nitrogen and oxygen atoms in total. The van der Waals surface area contributed by atoms with Gasteiger partial charge in [0.05, 0.1) is 28.9 Å². The molecule has 7 heteroatoms. The first-order valence-corrected chi connectivity index (χ1v) is 7.92. The van der Waals surface area contributed by atoms with E-state index in [4.69, 9.17) is 5.26 Å². The zero-order chi connectivity index (χ0) is 15.3. The van der Waals surface area contributed by atoms with Crippen molar-refractivity contribution in [3.05, 3.63) is 48.2 Å². The molecule has 0 amide bonds. The van der Waals surface area contributed by atoms with Gasteiger partial charge in [-0.2, -0.15) is 5.26 Å². The third-order valence-corrected chi connectivity index (χ3v) is 4.01. The number of nitrogens with zero attached hydrogens (tertiary/aromatic N) is 2. The van der Waals surface area contributed by atoms with Crippen molar-refractivity contribution in [2.45, 2.75) is 6.92 Å². The molecule has 1 aromatic heterocycles. The summed E-state index contributed by atoms with van der Waals surface area (Å²) in [6, 6.07) is 12.4. The van der Waals surface area contributed by atoms with Crippen molar-refractivity contribution in [3.8, 4) is 6.07 Å². The minimum Gasteiger partial charge on any atom is -0.353 e. The summed E-state index contributed by atoms with van der Waals surface area (Å²) in [7, 11) is -3.33. The van der Waals surface area contributed by atoms with E-state index in [1.165, 1.54) is 6.20 Å². The van der Waals surface area contributed by atoms with Crippen LogP contribution in [0, 0.1) is 11.3 Å². The molecule has 0 aliphatic heterocycles. The van der Waals surface area contributed by atoms with Gasteiger partial charge >= 0.3 is 0 Å². The molecule has 0 spiro atoms. The number of nitriles is 1. The average molecular weight is 302 g/mol. The molecular weight excluding hydrogens is 288 g/mol. The molecule has 0 bridgehead atoms. The van der Waals surface area contributed by atoms with E-state index >= 15 is 0 Å². The maximum atomic E-state index is 11.4. The van der Waals surface area contributed by atoms with E-state index < -0.39 is 10.0 Å². The fourth-order valence-electron chi connectivity index (χ4n) is 1.60. The lowest BCUT2D eigenvalue weighted by Crippen LogP contribution is -2.15. The maximum absolute atomic E-state index is 11.4. The Bertz CT molecular complexity index is 764. The van der Waals surface area contributed by atoms with Gasteiger partial charge in [-0.25, -0.2) is 13.4 Å². The second kappa shape index (κ2) is 6.24. The Morgan fingerprint density at radius 1 is 1.24 bits per heavy atom. The highest BCUT2D eigenvalue weighted by Gasteiger charge is 2.07. The van der Waals surface area contributed by atoms with Crippen molar-refractivity contribution in [1.82, 2.24) is 4.98 Å². The largest absolute Gasteiger partial charge is 0.353 e. The Hall–Kier alpha value is -2.59. The van der Waals surface area contributed by atoms with Gasteiger partial charge < -0.3 is 5.32 Å². The Morgan fingerprint density at radius 3 is 2.62 bits per heavy atom. The number of sulfonamides is 1. The van der Waals surface area contributed by atoms with E-state index in [1.54, 1.807) is 37.3 Å². The van der Waals surface area contributed by atoms with E-state index in [1.807, 2.05) is 6.07 Å². The zero-order valence-electron chi connectivity index (χ0n) is 11.4. The SMILES string of the molecule is CCS(=O)(=O)Nc1ccc(Nc2ccccc2C#N)cn1. The molecule has 0 fully saturated rings. The number of anilines is 3. The highest BCUT2D eigenvalue weighted by Crippen LogP contribution is 2.20. The van der Waals surface area contributed by atoms with E-state index in [0.29, 0.717) is 16.9 Å². The minimum atomic E-state index is -3.33. The summed E-state index contributed by atoms with van der Waals surface area (Å²) < 4.78 is 25.2.